The third kappa shape index (κ3) is 23.0. The quantitative estimate of drug-likeness (QED) is 0.141. The van der Waals surface area contributed by atoms with Crippen molar-refractivity contribution in [3.05, 3.63) is 133 Å². The van der Waals surface area contributed by atoms with Crippen LogP contribution in [0.25, 0.3) is 0 Å². The van der Waals surface area contributed by atoms with Crippen molar-refractivity contribution in [2.75, 3.05) is 0 Å². The minimum Gasteiger partial charge on any atom is -0.472 e. The van der Waals surface area contributed by atoms with Gasteiger partial charge in [-0.1, -0.05) is 171 Å². The van der Waals surface area contributed by atoms with Crippen molar-refractivity contribution in [3.63, 3.8) is 0 Å². The molecule has 0 unspecified atom stereocenters. The summed E-state index contributed by atoms with van der Waals surface area (Å²) in [4.78, 5) is 3.91. The summed E-state index contributed by atoms with van der Waals surface area (Å²) in [5.74, 6) is 3.59. The van der Waals surface area contributed by atoms with E-state index in [1.54, 1.807) is 49.9 Å². The molecular formula is C50H78N6O7. The van der Waals surface area contributed by atoms with Crippen LogP contribution in [0, 0.1) is 0 Å². The lowest BCUT2D eigenvalue weighted by Gasteiger charge is -2.14. The van der Waals surface area contributed by atoms with Gasteiger partial charge in [-0.05, 0) is 34.6 Å². The molecule has 7 aromatic rings. The Bertz CT molecular complexity index is 1630. The molecule has 0 aliphatic carbocycles. The Morgan fingerprint density at radius 1 is 0.413 bits per heavy atom. The van der Waals surface area contributed by atoms with Gasteiger partial charge in [0.1, 0.15) is 29.8 Å². The highest BCUT2D eigenvalue weighted by Crippen LogP contribution is 2.24. The molecule has 0 aromatic carbocycles. The van der Waals surface area contributed by atoms with E-state index in [9.17, 15) is 0 Å². The van der Waals surface area contributed by atoms with Gasteiger partial charge in [-0.15, -0.1) is 0 Å². The van der Waals surface area contributed by atoms with Crippen LogP contribution in [-0.2, 0) is 37.9 Å². The predicted octanol–water partition coefficient (Wildman–Crippen LogP) is 14.4. The van der Waals surface area contributed by atoms with Crippen LogP contribution in [-0.4, -0.2) is 30.8 Å². The SMILES string of the molecule is CC(C)(C)c1ccco1.CC(C)(C)c1ccno1.CC(C)(C)c1ccno1.CC(C)(C)c1ccoc1.CC(C)(C)c1ccon1.CC(C)(C)c1cnoc1.CC(C)(C)c1ncno1. The Morgan fingerprint density at radius 2 is 0.952 bits per heavy atom. The highest BCUT2D eigenvalue weighted by atomic mass is 16.5. The van der Waals surface area contributed by atoms with Gasteiger partial charge in [-0.25, -0.2) is 0 Å². The Kier molecular flexibility index (Phi) is 21.0. The van der Waals surface area contributed by atoms with Crippen LogP contribution in [0.4, 0.5) is 0 Å². The monoisotopic (exact) mass is 875 g/mol. The first-order valence-corrected chi connectivity index (χ1v) is 21.2. The van der Waals surface area contributed by atoms with Crippen molar-refractivity contribution in [3.8, 4) is 0 Å². The molecule has 7 aromatic heterocycles. The van der Waals surface area contributed by atoms with E-state index in [1.165, 1.54) is 11.9 Å². The second kappa shape index (κ2) is 23.8. The van der Waals surface area contributed by atoms with Gasteiger partial charge in [-0.3, -0.25) is 0 Å². The van der Waals surface area contributed by atoms with Crippen LogP contribution in [0.15, 0.2) is 124 Å². The lowest BCUT2D eigenvalue weighted by Crippen LogP contribution is -2.10. The van der Waals surface area contributed by atoms with Gasteiger partial charge in [0.15, 0.2) is 6.33 Å². The fraction of sp³-hybridized carbons (Fsp3) is 0.560. The molecule has 0 spiro atoms. The maximum atomic E-state index is 5.20. The van der Waals surface area contributed by atoms with Crippen molar-refractivity contribution >= 4 is 0 Å². The van der Waals surface area contributed by atoms with Gasteiger partial charge in [0.25, 0.3) is 0 Å². The Labute approximate surface area is 377 Å². The van der Waals surface area contributed by atoms with Gasteiger partial charge >= 0.3 is 0 Å². The summed E-state index contributed by atoms with van der Waals surface area (Å²) in [6.07, 6.45) is 15.0. The van der Waals surface area contributed by atoms with Crippen LogP contribution in [0.1, 0.15) is 185 Å². The number of hydrogen-bond donors (Lipinski definition) is 0. The maximum absolute atomic E-state index is 5.20. The smallest absolute Gasteiger partial charge is 0.231 e. The zero-order valence-electron chi connectivity index (χ0n) is 42.2. The third-order valence-electron chi connectivity index (χ3n) is 8.51. The molecule has 0 aliphatic rings. The third-order valence-corrected chi connectivity index (χ3v) is 8.51. The summed E-state index contributed by atoms with van der Waals surface area (Å²) < 4.78 is 34.3. The lowest BCUT2D eigenvalue weighted by atomic mass is 9.89. The van der Waals surface area contributed by atoms with Crippen molar-refractivity contribution in [1.82, 2.24) is 30.8 Å². The van der Waals surface area contributed by atoms with Crippen LogP contribution in [0.5, 0.6) is 0 Å². The van der Waals surface area contributed by atoms with Crippen molar-refractivity contribution in [2.45, 2.75) is 183 Å². The second-order valence-corrected chi connectivity index (χ2v) is 22.0. The molecule has 0 atom stereocenters. The number of aromatic nitrogens is 6. The average molecular weight is 875 g/mol. The number of furan rings is 2. The molecule has 0 bridgehead atoms. The topological polar surface area (TPSA) is 169 Å². The van der Waals surface area contributed by atoms with Gasteiger partial charge in [0, 0.05) is 50.8 Å². The van der Waals surface area contributed by atoms with E-state index < -0.39 is 0 Å². The minimum absolute atomic E-state index is 0.0174. The average Bonchev–Trinajstić information content (AvgIpc) is 4.02. The van der Waals surface area contributed by atoms with Crippen molar-refractivity contribution in [1.29, 1.82) is 0 Å². The molecular weight excluding hydrogens is 797 g/mol. The molecule has 0 fully saturated rings. The first kappa shape index (κ1) is 55.6. The molecule has 13 heteroatoms. The van der Waals surface area contributed by atoms with E-state index in [0.717, 1.165) is 28.5 Å². The Hall–Kier alpha value is -5.46. The molecule has 350 valence electrons. The van der Waals surface area contributed by atoms with E-state index >= 15 is 0 Å². The van der Waals surface area contributed by atoms with E-state index in [2.05, 4.69) is 155 Å². The molecule has 63 heavy (non-hydrogen) atoms. The molecule has 0 amide bonds. The van der Waals surface area contributed by atoms with Gasteiger partial charge < -0.3 is 31.4 Å². The normalized spacial score (nSPS) is 11.9. The molecule has 7 rings (SSSR count). The zero-order valence-corrected chi connectivity index (χ0v) is 42.2. The van der Waals surface area contributed by atoms with E-state index in [0.29, 0.717) is 5.89 Å². The largest absolute Gasteiger partial charge is 0.472 e. The van der Waals surface area contributed by atoms with Gasteiger partial charge in [0.2, 0.25) is 5.89 Å². The van der Waals surface area contributed by atoms with E-state index in [1.807, 2.05) is 57.2 Å². The second-order valence-electron chi connectivity index (χ2n) is 22.0. The van der Waals surface area contributed by atoms with Crippen LogP contribution >= 0.6 is 0 Å². The Balaban J connectivity index is 0.000000367. The maximum Gasteiger partial charge on any atom is 0.231 e. The van der Waals surface area contributed by atoms with Crippen LogP contribution in [0.3, 0.4) is 0 Å². The number of rotatable bonds is 0. The highest BCUT2D eigenvalue weighted by molar-refractivity contribution is 5.16. The Morgan fingerprint density at radius 3 is 1.14 bits per heavy atom. The summed E-state index contributed by atoms with van der Waals surface area (Å²) in [6, 6.07) is 11.6. The molecule has 0 aliphatic heterocycles. The van der Waals surface area contributed by atoms with Crippen LogP contribution < -0.4 is 0 Å². The van der Waals surface area contributed by atoms with Crippen LogP contribution in [0.2, 0.25) is 0 Å². The molecule has 7 heterocycles. The number of hydrogen-bond acceptors (Lipinski definition) is 13. The number of nitrogens with zero attached hydrogens (tertiary/aromatic N) is 6. The fourth-order valence-corrected chi connectivity index (χ4v) is 4.28. The zero-order chi connectivity index (χ0) is 48.3. The molecule has 0 saturated heterocycles. The summed E-state index contributed by atoms with van der Waals surface area (Å²) >= 11 is 0. The summed E-state index contributed by atoms with van der Waals surface area (Å²) in [5.41, 5.74) is 4.24. The van der Waals surface area contributed by atoms with E-state index in [4.69, 9.17) is 31.4 Å². The van der Waals surface area contributed by atoms with Crippen molar-refractivity contribution in [2.24, 2.45) is 0 Å². The molecule has 0 N–H and O–H groups in total. The standard InChI is InChI=1S/2C8H12O.4C7H11NO.C6H10N2O/c1-8(2,3)7-4-5-9-6-7;1-8(2,3)7-5-4-6-9-7;1-7(2,3)6-4-8-9-5-6;1-7(2,3)6-4-5-9-8-6;2*1-7(2,3)6-4-5-8-9-6;1-6(2,3)5-7-4-8-9-5/h2*4-6H,1-3H3;4*4-5H,1-3H3;4H,1-3H3. The summed E-state index contributed by atoms with van der Waals surface area (Å²) in [5, 5.41) is 18.2. The summed E-state index contributed by atoms with van der Waals surface area (Å²) in [7, 11) is 0. The van der Waals surface area contributed by atoms with Gasteiger partial charge in [-0.2, -0.15) is 4.98 Å². The van der Waals surface area contributed by atoms with E-state index in [-0.39, 0.29) is 37.9 Å². The fourth-order valence-electron chi connectivity index (χ4n) is 4.28. The first-order chi connectivity index (χ1) is 28.7. The molecule has 13 nitrogen and oxygen atoms in total. The van der Waals surface area contributed by atoms with Crippen molar-refractivity contribution < 1.29 is 31.4 Å². The highest BCUT2D eigenvalue weighted by Gasteiger charge is 2.20. The predicted molar refractivity (Wildman–Crippen MR) is 249 cm³/mol. The molecule has 0 saturated carbocycles. The molecule has 0 radical (unpaired) electrons. The van der Waals surface area contributed by atoms with Gasteiger partial charge in [0.05, 0.1) is 43.1 Å². The summed E-state index contributed by atoms with van der Waals surface area (Å²) in [6.45, 7) is 44.2. The first-order valence-electron chi connectivity index (χ1n) is 21.2. The minimum atomic E-state index is -0.0174. The lowest BCUT2D eigenvalue weighted by molar-refractivity contribution is 0.320.